The lowest BCUT2D eigenvalue weighted by molar-refractivity contribution is -0.121. The molecule has 0 saturated heterocycles. The van der Waals surface area contributed by atoms with Crippen LogP contribution in [0.1, 0.15) is 24.8 Å². The maximum absolute atomic E-state index is 11.4. The van der Waals surface area contributed by atoms with E-state index in [1.807, 2.05) is 6.07 Å². The number of hydrogen-bond acceptors (Lipinski definition) is 4. The summed E-state index contributed by atoms with van der Waals surface area (Å²) in [4.78, 5) is 11.4. The fourth-order valence-electron chi connectivity index (χ4n) is 1.79. The molecule has 0 aliphatic heterocycles. The molecule has 1 fully saturated rings. The molecule has 104 valence electrons. The minimum Gasteiger partial charge on any atom is -0.504 e. The first-order chi connectivity index (χ1) is 9.19. The van der Waals surface area contributed by atoms with Crippen molar-refractivity contribution in [3.63, 3.8) is 0 Å². The quantitative estimate of drug-likeness (QED) is 0.646. The van der Waals surface area contributed by atoms with Crippen molar-refractivity contribution in [1.82, 2.24) is 10.6 Å². The number of benzene rings is 1. The summed E-state index contributed by atoms with van der Waals surface area (Å²) in [7, 11) is 1.52. The number of carbonyl (C=O) groups excluding carboxylic acids is 1. The van der Waals surface area contributed by atoms with Gasteiger partial charge in [-0.1, -0.05) is 6.07 Å². The van der Waals surface area contributed by atoms with Crippen LogP contribution in [-0.4, -0.2) is 30.7 Å². The summed E-state index contributed by atoms with van der Waals surface area (Å²) in [6, 6.07) is 5.64. The fourth-order valence-corrected chi connectivity index (χ4v) is 1.79. The second-order valence-corrected chi connectivity index (χ2v) is 4.77. The molecule has 0 unspecified atom stereocenters. The van der Waals surface area contributed by atoms with E-state index in [-0.39, 0.29) is 11.7 Å². The standard InChI is InChI=1S/C14H20N2O3/c1-19-13-8-10(2-5-12(13)17)9-15-7-6-14(18)16-11-3-4-11/h2,5,8,11,15,17H,3-4,6-7,9H2,1H3,(H,16,18). The van der Waals surface area contributed by atoms with Gasteiger partial charge in [-0.2, -0.15) is 0 Å². The molecule has 0 radical (unpaired) electrons. The highest BCUT2D eigenvalue weighted by atomic mass is 16.5. The van der Waals surface area contributed by atoms with E-state index in [1.165, 1.54) is 7.11 Å². The molecule has 0 bridgehead atoms. The molecule has 1 aromatic carbocycles. The van der Waals surface area contributed by atoms with E-state index in [9.17, 15) is 9.90 Å². The Balaban J connectivity index is 1.68. The van der Waals surface area contributed by atoms with E-state index in [0.29, 0.717) is 31.3 Å². The van der Waals surface area contributed by atoms with Crippen molar-refractivity contribution >= 4 is 5.91 Å². The van der Waals surface area contributed by atoms with E-state index < -0.39 is 0 Å². The minimum atomic E-state index is 0.110. The number of ether oxygens (including phenoxy) is 1. The molecule has 3 N–H and O–H groups in total. The second-order valence-electron chi connectivity index (χ2n) is 4.77. The number of carbonyl (C=O) groups is 1. The van der Waals surface area contributed by atoms with Crippen molar-refractivity contribution < 1.29 is 14.6 Å². The Morgan fingerprint density at radius 1 is 1.47 bits per heavy atom. The van der Waals surface area contributed by atoms with Crippen LogP contribution < -0.4 is 15.4 Å². The Morgan fingerprint density at radius 3 is 2.95 bits per heavy atom. The molecule has 0 aromatic heterocycles. The largest absolute Gasteiger partial charge is 0.504 e. The van der Waals surface area contributed by atoms with Gasteiger partial charge in [0.25, 0.3) is 0 Å². The lowest BCUT2D eigenvalue weighted by Crippen LogP contribution is -2.28. The molecule has 1 amide bonds. The van der Waals surface area contributed by atoms with Gasteiger partial charge in [-0.05, 0) is 30.5 Å². The average molecular weight is 264 g/mol. The second kappa shape index (κ2) is 6.43. The lowest BCUT2D eigenvalue weighted by atomic mass is 10.2. The Bertz CT molecular complexity index is 444. The van der Waals surface area contributed by atoms with Crippen molar-refractivity contribution in [2.24, 2.45) is 0 Å². The third kappa shape index (κ3) is 4.44. The Morgan fingerprint density at radius 2 is 2.26 bits per heavy atom. The first-order valence-electron chi connectivity index (χ1n) is 6.55. The van der Waals surface area contributed by atoms with E-state index in [4.69, 9.17) is 4.74 Å². The Kier molecular flexibility index (Phi) is 4.63. The van der Waals surface area contributed by atoms with Crippen LogP contribution in [0.2, 0.25) is 0 Å². The zero-order chi connectivity index (χ0) is 13.7. The molecule has 1 saturated carbocycles. The van der Waals surface area contributed by atoms with Gasteiger partial charge in [-0.3, -0.25) is 4.79 Å². The van der Waals surface area contributed by atoms with Gasteiger partial charge in [0.15, 0.2) is 11.5 Å². The summed E-state index contributed by atoms with van der Waals surface area (Å²) in [6.45, 7) is 1.29. The molecule has 2 rings (SSSR count). The van der Waals surface area contributed by atoms with E-state index in [1.54, 1.807) is 12.1 Å². The van der Waals surface area contributed by atoms with Crippen LogP contribution in [0.5, 0.6) is 11.5 Å². The van der Waals surface area contributed by atoms with Gasteiger partial charge in [-0.25, -0.2) is 0 Å². The smallest absolute Gasteiger partial charge is 0.221 e. The van der Waals surface area contributed by atoms with Crippen molar-refractivity contribution in [1.29, 1.82) is 0 Å². The topological polar surface area (TPSA) is 70.6 Å². The highest BCUT2D eigenvalue weighted by molar-refractivity contribution is 5.76. The maximum Gasteiger partial charge on any atom is 0.221 e. The van der Waals surface area contributed by atoms with Crippen LogP contribution in [0, 0.1) is 0 Å². The monoisotopic (exact) mass is 264 g/mol. The number of aromatic hydroxyl groups is 1. The lowest BCUT2D eigenvalue weighted by Gasteiger charge is -2.08. The first kappa shape index (κ1) is 13.7. The summed E-state index contributed by atoms with van der Waals surface area (Å²) in [5.74, 6) is 0.708. The normalized spacial score (nSPS) is 14.2. The number of nitrogens with one attached hydrogen (secondary N) is 2. The van der Waals surface area contributed by atoms with Crippen LogP contribution >= 0.6 is 0 Å². The average Bonchev–Trinajstić information content (AvgIpc) is 3.20. The molecule has 0 spiro atoms. The van der Waals surface area contributed by atoms with Crippen LogP contribution in [0.4, 0.5) is 0 Å². The van der Waals surface area contributed by atoms with E-state index in [0.717, 1.165) is 18.4 Å². The van der Waals surface area contributed by atoms with Gasteiger partial charge in [0.1, 0.15) is 0 Å². The molecule has 1 aliphatic carbocycles. The van der Waals surface area contributed by atoms with Gasteiger partial charge in [0.05, 0.1) is 7.11 Å². The maximum atomic E-state index is 11.4. The van der Waals surface area contributed by atoms with Gasteiger partial charge in [0.2, 0.25) is 5.91 Å². The van der Waals surface area contributed by atoms with Crippen LogP contribution in [0.3, 0.4) is 0 Å². The highest BCUT2D eigenvalue weighted by Gasteiger charge is 2.22. The molecular weight excluding hydrogens is 244 g/mol. The number of rotatable bonds is 7. The molecule has 5 heteroatoms. The van der Waals surface area contributed by atoms with Gasteiger partial charge >= 0.3 is 0 Å². The van der Waals surface area contributed by atoms with Crippen LogP contribution in [0.15, 0.2) is 18.2 Å². The van der Waals surface area contributed by atoms with Crippen molar-refractivity contribution in [3.8, 4) is 11.5 Å². The molecule has 19 heavy (non-hydrogen) atoms. The van der Waals surface area contributed by atoms with E-state index in [2.05, 4.69) is 10.6 Å². The fraction of sp³-hybridized carbons (Fsp3) is 0.500. The van der Waals surface area contributed by atoms with Crippen molar-refractivity contribution in [2.45, 2.75) is 31.8 Å². The predicted octanol–water partition coefficient (Wildman–Crippen LogP) is 1.16. The number of methoxy groups -OCH3 is 1. The molecule has 1 aromatic rings. The summed E-state index contributed by atoms with van der Waals surface area (Å²) in [6.07, 6.45) is 2.73. The van der Waals surface area contributed by atoms with Crippen molar-refractivity contribution in [3.05, 3.63) is 23.8 Å². The van der Waals surface area contributed by atoms with Gasteiger partial charge < -0.3 is 20.5 Å². The van der Waals surface area contributed by atoms with Gasteiger partial charge in [-0.15, -0.1) is 0 Å². The summed E-state index contributed by atoms with van der Waals surface area (Å²) in [5.41, 5.74) is 1.01. The molecule has 0 heterocycles. The van der Waals surface area contributed by atoms with Crippen LogP contribution in [-0.2, 0) is 11.3 Å². The van der Waals surface area contributed by atoms with Gasteiger partial charge in [0, 0.05) is 25.6 Å². The third-order valence-electron chi connectivity index (χ3n) is 3.04. The Hall–Kier alpha value is -1.75. The minimum absolute atomic E-state index is 0.110. The number of phenolic OH excluding ortho intramolecular Hbond substituents is 1. The highest BCUT2D eigenvalue weighted by Crippen LogP contribution is 2.26. The summed E-state index contributed by atoms with van der Waals surface area (Å²) >= 11 is 0. The van der Waals surface area contributed by atoms with Crippen LogP contribution in [0.25, 0.3) is 0 Å². The molecule has 5 nitrogen and oxygen atoms in total. The molecule has 1 aliphatic rings. The SMILES string of the molecule is COc1cc(CNCCC(=O)NC2CC2)ccc1O. The predicted molar refractivity (Wildman–Crippen MR) is 72.1 cm³/mol. The first-order valence-corrected chi connectivity index (χ1v) is 6.55. The zero-order valence-electron chi connectivity index (χ0n) is 11.1. The summed E-state index contributed by atoms with van der Waals surface area (Å²) in [5, 5.41) is 15.6. The third-order valence-corrected chi connectivity index (χ3v) is 3.04. The molecular formula is C14H20N2O3. The molecule has 0 atom stereocenters. The zero-order valence-corrected chi connectivity index (χ0v) is 11.1. The number of amides is 1. The van der Waals surface area contributed by atoms with Crippen molar-refractivity contribution in [2.75, 3.05) is 13.7 Å². The van der Waals surface area contributed by atoms with E-state index >= 15 is 0 Å². The Labute approximate surface area is 113 Å². The summed E-state index contributed by atoms with van der Waals surface area (Å²) < 4.78 is 5.04. The number of hydrogen-bond donors (Lipinski definition) is 3. The number of phenols is 1.